The normalized spacial score (nSPS) is 18.4. The van der Waals surface area contributed by atoms with E-state index in [1.807, 2.05) is 42.5 Å². The molecule has 0 amide bonds. The number of hydrogen-bond donors (Lipinski definition) is 0. The van der Waals surface area contributed by atoms with Gasteiger partial charge < -0.3 is 14.2 Å². The van der Waals surface area contributed by atoms with E-state index in [4.69, 9.17) is 30.9 Å². The minimum absolute atomic E-state index is 0.0500. The maximum atomic E-state index is 6.47. The Morgan fingerprint density at radius 3 is 2.49 bits per heavy atom. The molecule has 0 aliphatic carbocycles. The Labute approximate surface area is 212 Å². The van der Waals surface area contributed by atoms with E-state index in [2.05, 4.69) is 36.2 Å². The van der Waals surface area contributed by atoms with Gasteiger partial charge in [-0.25, -0.2) is 5.01 Å². The summed E-state index contributed by atoms with van der Waals surface area (Å²) >= 11 is 6.35. The highest BCUT2D eigenvalue weighted by molar-refractivity contribution is 6.30. The minimum atomic E-state index is -0.331. The van der Waals surface area contributed by atoms with Crippen molar-refractivity contribution >= 4 is 17.3 Å². The average molecular weight is 491 g/mol. The van der Waals surface area contributed by atoms with Crippen LogP contribution in [0.2, 0.25) is 5.02 Å². The van der Waals surface area contributed by atoms with E-state index >= 15 is 0 Å². The average Bonchev–Trinajstić information content (AvgIpc) is 3.35. The summed E-state index contributed by atoms with van der Waals surface area (Å²) in [6.45, 7) is 2.96. The van der Waals surface area contributed by atoms with Crippen LogP contribution >= 0.6 is 11.6 Å². The SMILES string of the molecule is CCCCCCOc1ccc([C@@H]2Oc3ccc(Cl)cc3[C@H]3CC(c4ccc(OC)cc4)=NN32)cc1. The number of rotatable bonds is 9. The van der Waals surface area contributed by atoms with Crippen molar-refractivity contribution < 1.29 is 14.2 Å². The lowest BCUT2D eigenvalue weighted by Crippen LogP contribution is -2.33. The lowest BCUT2D eigenvalue weighted by atomic mass is 9.96. The summed E-state index contributed by atoms with van der Waals surface area (Å²) in [5.74, 6) is 2.56. The predicted octanol–water partition coefficient (Wildman–Crippen LogP) is 7.55. The number of halogens is 1. The van der Waals surface area contributed by atoms with Crippen molar-refractivity contribution in [2.24, 2.45) is 5.10 Å². The highest BCUT2D eigenvalue weighted by atomic mass is 35.5. The van der Waals surface area contributed by atoms with Gasteiger partial charge in [0.2, 0.25) is 6.23 Å². The molecule has 182 valence electrons. The van der Waals surface area contributed by atoms with Gasteiger partial charge in [0.1, 0.15) is 17.2 Å². The fraction of sp³-hybridized carbons (Fsp3) is 0.345. The summed E-state index contributed by atoms with van der Waals surface area (Å²) in [4.78, 5) is 0. The molecule has 0 bridgehead atoms. The van der Waals surface area contributed by atoms with Crippen LogP contribution in [0, 0.1) is 0 Å². The molecule has 5 nitrogen and oxygen atoms in total. The van der Waals surface area contributed by atoms with Gasteiger partial charge in [0, 0.05) is 22.6 Å². The van der Waals surface area contributed by atoms with Crippen molar-refractivity contribution in [2.45, 2.75) is 51.3 Å². The van der Waals surface area contributed by atoms with Crippen LogP contribution in [-0.4, -0.2) is 24.4 Å². The number of hydrogen-bond acceptors (Lipinski definition) is 5. The number of unbranched alkanes of at least 4 members (excludes halogenated alkanes) is 3. The standard InChI is InChI=1S/C29H31ClN2O3/c1-3-4-5-6-17-34-24-14-9-21(10-15-24)29-32-27(25-18-22(30)11-16-28(25)35-29)19-26(31-32)20-7-12-23(33-2)13-8-20/h7-16,18,27,29H,3-6,17,19H2,1-2H3/t27-,29+/m1/s1. The smallest absolute Gasteiger partial charge is 0.213 e. The van der Waals surface area contributed by atoms with E-state index < -0.39 is 0 Å². The molecule has 3 aromatic carbocycles. The molecular formula is C29H31ClN2O3. The van der Waals surface area contributed by atoms with Crippen molar-refractivity contribution in [3.05, 3.63) is 88.4 Å². The van der Waals surface area contributed by atoms with Gasteiger partial charge in [-0.1, -0.05) is 37.8 Å². The quantitative estimate of drug-likeness (QED) is 0.290. The summed E-state index contributed by atoms with van der Waals surface area (Å²) in [6.07, 6.45) is 5.22. The van der Waals surface area contributed by atoms with Crippen molar-refractivity contribution in [3.63, 3.8) is 0 Å². The molecule has 2 atom stereocenters. The number of methoxy groups -OCH3 is 1. The fourth-order valence-corrected chi connectivity index (χ4v) is 4.86. The summed E-state index contributed by atoms with van der Waals surface area (Å²) in [5.41, 5.74) is 4.20. The third kappa shape index (κ3) is 5.10. The van der Waals surface area contributed by atoms with Gasteiger partial charge in [0.05, 0.1) is 25.5 Å². The number of fused-ring (bicyclic) bond motifs is 3. The summed E-state index contributed by atoms with van der Waals surface area (Å²) in [7, 11) is 1.67. The van der Waals surface area contributed by atoms with E-state index in [-0.39, 0.29) is 12.3 Å². The lowest BCUT2D eigenvalue weighted by molar-refractivity contribution is -0.0190. The first kappa shape index (κ1) is 23.6. The first-order chi connectivity index (χ1) is 17.2. The van der Waals surface area contributed by atoms with Gasteiger partial charge in [0.15, 0.2) is 0 Å². The molecule has 2 heterocycles. The van der Waals surface area contributed by atoms with Crippen LogP contribution < -0.4 is 14.2 Å². The molecular weight excluding hydrogens is 460 g/mol. The number of ether oxygens (including phenoxy) is 3. The van der Waals surface area contributed by atoms with E-state index in [0.29, 0.717) is 5.02 Å². The zero-order valence-electron chi connectivity index (χ0n) is 20.2. The van der Waals surface area contributed by atoms with Crippen LogP contribution in [0.25, 0.3) is 0 Å². The molecule has 0 fully saturated rings. The number of benzene rings is 3. The predicted molar refractivity (Wildman–Crippen MR) is 140 cm³/mol. The molecule has 0 saturated heterocycles. The van der Waals surface area contributed by atoms with E-state index in [0.717, 1.165) is 59.1 Å². The Morgan fingerprint density at radius 2 is 1.74 bits per heavy atom. The molecule has 0 saturated carbocycles. The van der Waals surface area contributed by atoms with E-state index in [9.17, 15) is 0 Å². The third-order valence-electron chi connectivity index (χ3n) is 6.61. The molecule has 0 N–H and O–H groups in total. The molecule has 0 spiro atoms. The highest BCUT2D eigenvalue weighted by Gasteiger charge is 2.41. The summed E-state index contributed by atoms with van der Waals surface area (Å²) < 4.78 is 17.7. The van der Waals surface area contributed by atoms with Crippen molar-refractivity contribution in [3.8, 4) is 17.2 Å². The molecule has 5 rings (SSSR count). The monoisotopic (exact) mass is 490 g/mol. The second kappa shape index (κ2) is 10.6. The summed E-state index contributed by atoms with van der Waals surface area (Å²) in [6, 6.07) is 22.1. The fourth-order valence-electron chi connectivity index (χ4n) is 4.68. The molecule has 3 aromatic rings. The Hall–Kier alpha value is -3.18. The molecule has 6 heteroatoms. The Kier molecular flexibility index (Phi) is 7.14. The molecule has 2 aliphatic heterocycles. The lowest BCUT2D eigenvalue weighted by Gasteiger charge is -2.38. The Bertz CT molecular complexity index is 1180. The summed E-state index contributed by atoms with van der Waals surface area (Å²) in [5, 5.41) is 7.80. The van der Waals surface area contributed by atoms with Gasteiger partial charge in [-0.2, -0.15) is 5.10 Å². The Balaban J connectivity index is 1.39. The largest absolute Gasteiger partial charge is 0.497 e. The minimum Gasteiger partial charge on any atom is -0.497 e. The van der Waals surface area contributed by atoms with E-state index in [1.54, 1.807) is 7.11 Å². The van der Waals surface area contributed by atoms with Gasteiger partial charge in [-0.05, 0) is 78.7 Å². The molecule has 0 unspecified atom stereocenters. The first-order valence-electron chi connectivity index (χ1n) is 12.4. The van der Waals surface area contributed by atoms with Gasteiger partial charge in [-0.15, -0.1) is 0 Å². The zero-order valence-corrected chi connectivity index (χ0v) is 21.0. The van der Waals surface area contributed by atoms with Crippen LogP contribution in [-0.2, 0) is 0 Å². The molecule has 0 radical (unpaired) electrons. The van der Waals surface area contributed by atoms with Crippen molar-refractivity contribution in [2.75, 3.05) is 13.7 Å². The van der Waals surface area contributed by atoms with Crippen molar-refractivity contribution in [1.29, 1.82) is 0 Å². The van der Waals surface area contributed by atoms with Crippen LogP contribution in [0.3, 0.4) is 0 Å². The van der Waals surface area contributed by atoms with E-state index in [1.165, 1.54) is 19.3 Å². The first-order valence-corrected chi connectivity index (χ1v) is 12.7. The second-order valence-corrected chi connectivity index (χ2v) is 9.44. The maximum absolute atomic E-state index is 6.47. The van der Waals surface area contributed by atoms with Crippen LogP contribution in [0.15, 0.2) is 71.8 Å². The van der Waals surface area contributed by atoms with Gasteiger partial charge >= 0.3 is 0 Å². The van der Waals surface area contributed by atoms with Crippen LogP contribution in [0.1, 0.15) is 68.0 Å². The number of hydrazone groups is 1. The zero-order chi connectivity index (χ0) is 24.2. The molecule has 0 aromatic heterocycles. The second-order valence-electron chi connectivity index (χ2n) is 9.01. The van der Waals surface area contributed by atoms with Crippen molar-refractivity contribution in [1.82, 2.24) is 5.01 Å². The van der Waals surface area contributed by atoms with Crippen LogP contribution in [0.5, 0.6) is 17.2 Å². The maximum Gasteiger partial charge on any atom is 0.213 e. The van der Waals surface area contributed by atoms with Gasteiger partial charge in [0.25, 0.3) is 0 Å². The topological polar surface area (TPSA) is 43.3 Å². The number of nitrogens with zero attached hydrogens (tertiary/aromatic N) is 2. The molecule has 2 aliphatic rings. The van der Waals surface area contributed by atoms with Gasteiger partial charge in [-0.3, -0.25) is 0 Å². The third-order valence-corrected chi connectivity index (χ3v) is 6.84. The molecule has 35 heavy (non-hydrogen) atoms. The highest BCUT2D eigenvalue weighted by Crippen LogP contribution is 2.48. The Morgan fingerprint density at radius 1 is 0.971 bits per heavy atom. The van der Waals surface area contributed by atoms with Crippen LogP contribution in [0.4, 0.5) is 0 Å².